The van der Waals surface area contributed by atoms with E-state index in [4.69, 9.17) is 25.6 Å². The minimum absolute atomic E-state index is 0.0267. The van der Waals surface area contributed by atoms with Gasteiger partial charge in [-0.1, -0.05) is 18.4 Å². The minimum Gasteiger partial charge on any atom is -0.508 e. The second-order valence-electron chi connectivity index (χ2n) is 13.3. The largest absolute Gasteiger partial charge is 0.508 e. The molecule has 2 aromatic carbocycles. The molecule has 7 rings (SSSR count). The number of methoxy groups -OCH3 is 1. The topological polar surface area (TPSA) is 122 Å². The first-order chi connectivity index (χ1) is 23.0. The monoisotopic (exact) mass is 663 g/mol. The van der Waals surface area contributed by atoms with Crippen molar-refractivity contribution in [2.75, 3.05) is 51.5 Å². The van der Waals surface area contributed by atoms with Crippen molar-refractivity contribution in [3.63, 3.8) is 0 Å². The number of hydrogen-bond acceptors (Lipinski definition) is 10. The summed E-state index contributed by atoms with van der Waals surface area (Å²) in [4.78, 5) is 15.5. The Balaban J connectivity index is 1.44. The van der Waals surface area contributed by atoms with Gasteiger partial charge in [-0.25, -0.2) is 18.2 Å². The van der Waals surface area contributed by atoms with Crippen LogP contribution in [0.3, 0.4) is 0 Å². The average Bonchev–Trinajstić information content (AvgIpc) is 3.38. The Labute approximate surface area is 275 Å². The van der Waals surface area contributed by atoms with Gasteiger partial charge in [-0.05, 0) is 49.8 Å². The Morgan fingerprint density at radius 1 is 1.21 bits per heavy atom. The fourth-order valence-electron chi connectivity index (χ4n) is 7.58. The van der Waals surface area contributed by atoms with E-state index in [-0.39, 0.29) is 102 Å². The lowest BCUT2D eigenvalue weighted by atomic mass is 9.76. The molecular formula is C35H36F3N5O5. The van der Waals surface area contributed by atoms with Crippen LogP contribution < -0.4 is 19.7 Å². The summed E-state index contributed by atoms with van der Waals surface area (Å²) < 4.78 is 64.2. The van der Waals surface area contributed by atoms with Gasteiger partial charge in [0.25, 0.3) is 0 Å². The zero-order valence-electron chi connectivity index (χ0n) is 26.7. The van der Waals surface area contributed by atoms with Gasteiger partial charge >= 0.3 is 6.01 Å². The molecule has 4 heterocycles. The van der Waals surface area contributed by atoms with E-state index >= 15 is 4.39 Å². The summed E-state index contributed by atoms with van der Waals surface area (Å²) in [5.74, 6) is 0.635. The first-order valence-electron chi connectivity index (χ1n) is 16.0. The van der Waals surface area contributed by atoms with E-state index in [0.717, 1.165) is 19.3 Å². The molecule has 2 saturated heterocycles. The maximum atomic E-state index is 17.0. The number of fused-ring (bicyclic) bond motifs is 3. The molecule has 2 aliphatic heterocycles. The molecule has 0 amide bonds. The first kappa shape index (κ1) is 32.2. The van der Waals surface area contributed by atoms with Crippen molar-refractivity contribution in [2.24, 2.45) is 5.41 Å². The number of aromatic hydroxyl groups is 1. The number of pyridine rings is 1. The number of alkyl halides is 1. The van der Waals surface area contributed by atoms with Crippen LogP contribution in [0.5, 0.6) is 17.6 Å². The van der Waals surface area contributed by atoms with E-state index < -0.39 is 28.8 Å². The van der Waals surface area contributed by atoms with Gasteiger partial charge in [-0.2, -0.15) is 9.97 Å². The Hall–Kier alpha value is -4.38. The van der Waals surface area contributed by atoms with E-state index in [1.807, 2.05) is 0 Å². The molecule has 4 atom stereocenters. The van der Waals surface area contributed by atoms with Crippen LogP contribution in [-0.4, -0.2) is 89.5 Å². The molecule has 3 aliphatic rings. The number of phenolic OH excluding ortho intramolecular Hbond substituents is 1. The van der Waals surface area contributed by atoms with Crippen LogP contribution >= 0.6 is 0 Å². The van der Waals surface area contributed by atoms with Crippen molar-refractivity contribution < 1.29 is 37.6 Å². The smallest absolute Gasteiger partial charge is 0.319 e. The maximum absolute atomic E-state index is 17.0. The highest BCUT2D eigenvalue weighted by Crippen LogP contribution is 2.46. The fraction of sp³-hybridized carbons (Fsp3) is 0.457. The average molecular weight is 664 g/mol. The summed E-state index contributed by atoms with van der Waals surface area (Å²) >= 11 is 0. The van der Waals surface area contributed by atoms with Gasteiger partial charge < -0.3 is 34.6 Å². The van der Waals surface area contributed by atoms with Crippen LogP contribution in [0, 0.1) is 29.4 Å². The second kappa shape index (κ2) is 12.3. The molecule has 1 saturated carbocycles. The number of ether oxygens (including phenoxy) is 3. The van der Waals surface area contributed by atoms with Crippen LogP contribution in [0.15, 0.2) is 24.3 Å². The number of nitrogens with zero attached hydrogens (tertiary/aromatic N) is 4. The number of aromatic nitrogens is 3. The fourth-order valence-corrected chi connectivity index (χ4v) is 7.58. The number of nitrogens with one attached hydrogen (secondary N) is 1. The van der Waals surface area contributed by atoms with Crippen LogP contribution in [-0.2, 0) is 4.74 Å². The molecule has 2 aromatic heterocycles. The number of anilines is 1. The van der Waals surface area contributed by atoms with Crippen LogP contribution in [0.1, 0.15) is 38.2 Å². The van der Waals surface area contributed by atoms with Crippen molar-refractivity contribution in [1.29, 1.82) is 0 Å². The number of halogens is 3. The van der Waals surface area contributed by atoms with Crippen molar-refractivity contribution >= 4 is 27.5 Å². The van der Waals surface area contributed by atoms with Gasteiger partial charge in [-0.15, -0.1) is 6.42 Å². The summed E-state index contributed by atoms with van der Waals surface area (Å²) in [6.45, 7) is 2.70. The van der Waals surface area contributed by atoms with Crippen molar-refractivity contribution in [3.8, 4) is 41.2 Å². The predicted molar refractivity (Wildman–Crippen MR) is 173 cm³/mol. The summed E-state index contributed by atoms with van der Waals surface area (Å²) in [5, 5.41) is 25.6. The Kier molecular flexibility index (Phi) is 8.22. The molecule has 0 spiro atoms. The van der Waals surface area contributed by atoms with Crippen molar-refractivity contribution in [2.45, 2.75) is 50.4 Å². The van der Waals surface area contributed by atoms with Gasteiger partial charge in [0.05, 0.1) is 39.0 Å². The summed E-state index contributed by atoms with van der Waals surface area (Å²) in [5.41, 5.74) is -2.37. The highest BCUT2D eigenvalue weighted by molar-refractivity contribution is 6.04. The van der Waals surface area contributed by atoms with Crippen LogP contribution in [0.2, 0.25) is 0 Å². The molecule has 1 aliphatic carbocycles. The number of rotatable bonds is 6. The molecule has 48 heavy (non-hydrogen) atoms. The number of hydrogen-bond donors (Lipinski definition) is 3. The third kappa shape index (κ3) is 5.61. The number of aliphatic hydroxyl groups is 1. The first-order valence-corrected chi connectivity index (χ1v) is 16.0. The predicted octanol–water partition coefficient (Wildman–Crippen LogP) is 4.66. The number of benzene rings is 2. The van der Waals surface area contributed by atoms with Gasteiger partial charge in [-0.3, -0.25) is 0 Å². The Morgan fingerprint density at radius 3 is 2.83 bits per heavy atom. The second-order valence-corrected chi connectivity index (χ2v) is 13.3. The van der Waals surface area contributed by atoms with E-state index in [0.29, 0.717) is 11.8 Å². The highest BCUT2D eigenvalue weighted by Gasteiger charge is 2.48. The quantitative estimate of drug-likeness (QED) is 0.251. The lowest BCUT2D eigenvalue weighted by Gasteiger charge is -2.41. The Bertz CT molecular complexity index is 1950. The number of terminal acetylenes is 1. The van der Waals surface area contributed by atoms with Crippen LogP contribution in [0.4, 0.5) is 19.0 Å². The van der Waals surface area contributed by atoms with E-state index in [1.54, 1.807) is 11.8 Å². The molecule has 10 nitrogen and oxygen atoms in total. The normalized spacial score (nSPS) is 25.9. The summed E-state index contributed by atoms with van der Waals surface area (Å²) in [6.07, 6.45) is 7.55. The molecule has 4 aromatic rings. The van der Waals surface area contributed by atoms with Gasteiger partial charge in [0.15, 0.2) is 5.82 Å². The molecule has 252 valence electrons. The molecule has 0 radical (unpaired) electrons. The molecule has 3 N–H and O–H groups in total. The van der Waals surface area contributed by atoms with Gasteiger partial charge in [0, 0.05) is 35.5 Å². The van der Waals surface area contributed by atoms with Gasteiger partial charge in [0.1, 0.15) is 45.8 Å². The molecule has 13 heteroatoms. The lowest BCUT2D eigenvalue weighted by molar-refractivity contribution is -0.0123. The van der Waals surface area contributed by atoms with Crippen molar-refractivity contribution in [3.05, 3.63) is 41.5 Å². The summed E-state index contributed by atoms with van der Waals surface area (Å²) in [7, 11) is 1.36. The summed E-state index contributed by atoms with van der Waals surface area (Å²) in [6, 6.07) is 5.17. The minimum atomic E-state index is -1.27. The maximum Gasteiger partial charge on any atom is 0.319 e. The Morgan fingerprint density at radius 2 is 2.04 bits per heavy atom. The third-order valence-electron chi connectivity index (χ3n) is 9.72. The zero-order chi connectivity index (χ0) is 33.8. The highest BCUT2D eigenvalue weighted by atomic mass is 19.1. The SMILES string of the molecule is C#Cc1c(F)ccc2cc(O)cc(-c3nc(OC)c4c(N5CCOC[C@@](C)(O)C5)nc(OC[C@]56CCC[C@H]5NC[C@@H](F)C6)nc4c3F)c12. The molecule has 0 unspecified atom stereocenters. The van der Waals surface area contributed by atoms with Crippen molar-refractivity contribution in [1.82, 2.24) is 20.3 Å². The number of β-amino-alcohol motifs (C(OH)–C–C–N with tert-alkyl or cyclic N) is 1. The van der Waals surface area contributed by atoms with E-state index in [2.05, 4.69) is 21.2 Å². The molecule has 0 bridgehead atoms. The van der Waals surface area contributed by atoms with E-state index in [9.17, 15) is 19.0 Å². The zero-order valence-corrected chi connectivity index (χ0v) is 26.7. The standard InChI is InChI=1S/C35H36F3N5O5/c1-4-22-24(37)8-7-19-12-21(44)13-23(26(19)22)29-28(38)30-27(32(40-29)46-3)31(43-10-11-47-17-34(2,45)16-43)42-33(41-30)48-18-35-9-5-6-25(35)39-15-20(36)14-35/h1,7-8,12-13,20,25,39,44-45H,5-6,9-11,14-18H2,2-3H3/t20-,25+,34-,35+/m0/s1. The number of piperidine rings is 1. The van der Waals surface area contributed by atoms with Crippen LogP contribution in [0.25, 0.3) is 32.9 Å². The molecule has 3 fully saturated rings. The number of phenols is 1. The third-order valence-corrected chi connectivity index (χ3v) is 9.72. The lowest BCUT2D eigenvalue weighted by Crippen LogP contribution is -2.53. The molecular weight excluding hydrogens is 627 g/mol. The van der Waals surface area contributed by atoms with E-state index in [1.165, 1.54) is 31.4 Å². The van der Waals surface area contributed by atoms with Gasteiger partial charge in [0.2, 0.25) is 5.88 Å².